The van der Waals surface area contributed by atoms with Crippen LogP contribution >= 0.6 is 0 Å². The zero-order valence-electron chi connectivity index (χ0n) is 10.2. The highest BCUT2D eigenvalue weighted by molar-refractivity contribution is 5.82. The number of hydrogen-bond donors (Lipinski definition) is 2. The van der Waals surface area contributed by atoms with Crippen molar-refractivity contribution in [2.45, 2.75) is 6.92 Å². The maximum absolute atomic E-state index is 11.8. The normalized spacial score (nSPS) is 13.5. The highest BCUT2D eigenvalue weighted by Gasteiger charge is 2.14. The molecular weight excluding hydrogens is 222 g/mol. The Hall–Kier alpha value is -2.05. The predicted molar refractivity (Wildman–Crippen MR) is 65.3 cm³/mol. The summed E-state index contributed by atoms with van der Waals surface area (Å²) in [5.41, 5.74) is 5.30. The van der Waals surface area contributed by atoms with Gasteiger partial charge in [0.15, 0.2) is 5.82 Å². The van der Waals surface area contributed by atoms with Crippen LogP contribution in [0.2, 0.25) is 0 Å². The summed E-state index contributed by atoms with van der Waals surface area (Å²) in [6.07, 6.45) is 3.15. The Morgan fingerprint density at radius 1 is 1.76 bits per heavy atom. The van der Waals surface area contributed by atoms with Crippen LogP contribution in [0.25, 0.3) is 0 Å². The molecule has 1 atom stereocenters. The Morgan fingerprint density at radius 3 is 3.00 bits per heavy atom. The molecule has 0 spiro atoms. The van der Waals surface area contributed by atoms with E-state index in [2.05, 4.69) is 10.1 Å². The fraction of sp³-hybridized carbons (Fsp3) is 0.500. The summed E-state index contributed by atoms with van der Waals surface area (Å²) in [7, 11) is 3.40. The highest BCUT2D eigenvalue weighted by atomic mass is 16.4. The third-order valence-electron chi connectivity index (χ3n) is 2.53. The summed E-state index contributed by atoms with van der Waals surface area (Å²) in [5, 5.41) is 11.5. The van der Waals surface area contributed by atoms with Crippen LogP contribution in [0.5, 0.6) is 0 Å². The van der Waals surface area contributed by atoms with E-state index >= 15 is 0 Å². The first kappa shape index (κ1) is 13.0. The van der Waals surface area contributed by atoms with Crippen molar-refractivity contribution in [3.8, 4) is 0 Å². The van der Waals surface area contributed by atoms with Crippen molar-refractivity contribution < 1.29 is 5.21 Å². The molecule has 0 saturated carbocycles. The molecule has 0 aromatic carbocycles. The number of hydrogen-bond acceptors (Lipinski definition) is 5. The molecular formula is C10H17N5O2. The maximum Gasteiger partial charge on any atom is 0.293 e. The molecule has 0 fully saturated rings. The number of anilines is 1. The molecule has 1 unspecified atom stereocenters. The summed E-state index contributed by atoms with van der Waals surface area (Å²) < 4.78 is 1.45. The van der Waals surface area contributed by atoms with Crippen LogP contribution in [0, 0.1) is 5.92 Å². The first-order valence-electron chi connectivity index (χ1n) is 5.17. The van der Waals surface area contributed by atoms with Gasteiger partial charge in [-0.2, -0.15) is 0 Å². The summed E-state index contributed by atoms with van der Waals surface area (Å²) in [4.78, 5) is 17.5. The molecule has 1 aromatic rings. The minimum Gasteiger partial charge on any atom is -0.409 e. The minimum absolute atomic E-state index is 0.129. The van der Waals surface area contributed by atoms with E-state index in [4.69, 9.17) is 10.9 Å². The number of nitrogens with zero attached hydrogens (tertiary/aromatic N) is 4. The lowest BCUT2D eigenvalue weighted by Crippen LogP contribution is -2.36. The van der Waals surface area contributed by atoms with Gasteiger partial charge >= 0.3 is 0 Å². The molecule has 1 rings (SSSR count). The van der Waals surface area contributed by atoms with Gasteiger partial charge in [0.25, 0.3) is 5.56 Å². The van der Waals surface area contributed by atoms with Gasteiger partial charge in [-0.05, 0) is 0 Å². The van der Waals surface area contributed by atoms with Crippen molar-refractivity contribution >= 4 is 11.7 Å². The first-order valence-corrected chi connectivity index (χ1v) is 5.17. The monoisotopic (exact) mass is 239 g/mol. The summed E-state index contributed by atoms with van der Waals surface area (Å²) in [6.45, 7) is 2.25. The first-order chi connectivity index (χ1) is 7.97. The van der Waals surface area contributed by atoms with Crippen LogP contribution in [0.4, 0.5) is 5.82 Å². The van der Waals surface area contributed by atoms with Crippen LogP contribution in [0.15, 0.2) is 22.3 Å². The van der Waals surface area contributed by atoms with Crippen LogP contribution in [-0.2, 0) is 7.05 Å². The van der Waals surface area contributed by atoms with Crippen LogP contribution in [-0.4, -0.2) is 34.2 Å². The zero-order chi connectivity index (χ0) is 13.0. The molecule has 1 aromatic heterocycles. The minimum atomic E-state index is -0.179. The number of aryl methyl sites for hydroxylation is 1. The van der Waals surface area contributed by atoms with Crippen molar-refractivity contribution in [3.63, 3.8) is 0 Å². The van der Waals surface area contributed by atoms with E-state index in [1.807, 2.05) is 0 Å². The van der Waals surface area contributed by atoms with Crippen LogP contribution in [0.1, 0.15) is 6.92 Å². The highest BCUT2D eigenvalue weighted by Crippen LogP contribution is 2.05. The number of oxime groups is 1. The molecule has 0 radical (unpaired) electrons. The Bertz CT molecular complexity index is 468. The second-order valence-corrected chi connectivity index (χ2v) is 3.97. The van der Waals surface area contributed by atoms with Gasteiger partial charge in [0.05, 0.1) is 0 Å². The van der Waals surface area contributed by atoms with Crippen molar-refractivity contribution in [1.29, 1.82) is 0 Å². The lowest BCUT2D eigenvalue weighted by Gasteiger charge is -2.21. The van der Waals surface area contributed by atoms with E-state index in [-0.39, 0.29) is 17.3 Å². The van der Waals surface area contributed by atoms with E-state index < -0.39 is 0 Å². The quantitative estimate of drug-likeness (QED) is 0.322. The molecule has 0 bridgehead atoms. The molecule has 0 aliphatic carbocycles. The summed E-state index contributed by atoms with van der Waals surface area (Å²) in [6, 6.07) is 0. The van der Waals surface area contributed by atoms with Crippen molar-refractivity contribution in [3.05, 3.63) is 22.7 Å². The van der Waals surface area contributed by atoms with Gasteiger partial charge in [-0.1, -0.05) is 12.1 Å². The Labute approximate surface area is 99.2 Å². The number of rotatable bonds is 4. The molecule has 1 heterocycles. The third kappa shape index (κ3) is 2.96. The SMILES string of the molecule is CC(CN(C)c1nccn(C)c1=O)/C(N)=N/O. The topological polar surface area (TPSA) is 96.7 Å². The number of aromatic nitrogens is 2. The molecule has 3 N–H and O–H groups in total. The smallest absolute Gasteiger partial charge is 0.293 e. The summed E-state index contributed by atoms with van der Waals surface area (Å²) in [5.74, 6) is 0.300. The Balaban J connectivity index is 2.87. The number of nitrogens with two attached hydrogens (primary N) is 1. The van der Waals surface area contributed by atoms with Crippen LogP contribution < -0.4 is 16.2 Å². The van der Waals surface area contributed by atoms with Gasteiger partial charge in [0.2, 0.25) is 0 Å². The fourth-order valence-electron chi connectivity index (χ4n) is 1.44. The third-order valence-corrected chi connectivity index (χ3v) is 2.53. The zero-order valence-corrected chi connectivity index (χ0v) is 10.2. The molecule has 7 heteroatoms. The van der Waals surface area contributed by atoms with Crippen molar-refractivity contribution in [2.75, 3.05) is 18.5 Å². The van der Waals surface area contributed by atoms with E-state index in [0.717, 1.165) is 0 Å². The Kier molecular flexibility index (Phi) is 4.08. The van der Waals surface area contributed by atoms with Gasteiger partial charge in [-0.3, -0.25) is 4.79 Å². The maximum atomic E-state index is 11.8. The average Bonchev–Trinajstić information content (AvgIpc) is 2.31. The van der Waals surface area contributed by atoms with Crippen LogP contribution in [0.3, 0.4) is 0 Å². The fourth-order valence-corrected chi connectivity index (χ4v) is 1.44. The molecule has 0 saturated heterocycles. The molecule has 17 heavy (non-hydrogen) atoms. The van der Waals surface area contributed by atoms with Gasteiger partial charge in [-0.15, -0.1) is 0 Å². The van der Waals surface area contributed by atoms with Crippen molar-refractivity contribution in [2.24, 2.45) is 23.9 Å². The Morgan fingerprint density at radius 2 is 2.41 bits per heavy atom. The molecule has 0 amide bonds. The van der Waals surface area contributed by atoms with Gasteiger partial charge in [-0.25, -0.2) is 4.98 Å². The predicted octanol–water partition coefficient (Wildman–Crippen LogP) is -0.401. The lowest BCUT2D eigenvalue weighted by molar-refractivity contribution is 0.314. The van der Waals surface area contributed by atoms with E-state index in [0.29, 0.717) is 12.4 Å². The average molecular weight is 239 g/mol. The van der Waals surface area contributed by atoms with Gasteiger partial charge < -0.3 is 20.4 Å². The van der Waals surface area contributed by atoms with E-state index in [1.165, 1.54) is 4.57 Å². The van der Waals surface area contributed by atoms with Crippen molar-refractivity contribution in [1.82, 2.24) is 9.55 Å². The van der Waals surface area contributed by atoms with Gasteiger partial charge in [0, 0.05) is 39.0 Å². The largest absolute Gasteiger partial charge is 0.409 e. The molecule has 7 nitrogen and oxygen atoms in total. The van der Waals surface area contributed by atoms with Gasteiger partial charge in [0.1, 0.15) is 5.84 Å². The second kappa shape index (κ2) is 5.33. The standard InChI is InChI=1S/C10H17N5O2/c1-7(8(11)13-17)6-15(3)9-10(16)14(2)5-4-12-9/h4-5,7,17H,6H2,1-3H3,(H2,11,13). The molecule has 94 valence electrons. The van der Waals surface area contributed by atoms with E-state index in [9.17, 15) is 4.79 Å². The molecule has 0 aliphatic rings. The second-order valence-electron chi connectivity index (χ2n) is 3.97. The lowest BCUT2D eigenvalue weighted by atomic mass is 10.1. The summed E-state index contributed by atoms with van der Waals surface area (Å²) >= 11 is 0. The number of amidine groups is 1. The van der Waals surface area contributed by atoms with E-state index in [1.54, 1.807) is 38.3 Å². The molecule has 0 aliphatic heterocycles.